The molecule has 1 heterocycles. The molecule has 0 bridgehead atoms. The fraction of sp³-hybridized carbons (Fsp3) is 0.458. The zero-order valence-corrected chi connectivity index (χ0v) is 19.5. The highest BCUT2D eigenvalue weighted by Gasteiger charge is 2.34. The fourth-order valence-corrected chi connectivity index (χ4v) is 4.78. The standard InChI is InChI=1S/C24H30Cl2N4O2/c25-20-8-6-16(12-21(20)26)11-19(18(23(28)31)10-15-4-2-1-3-5-15)24(32)30-14-17-7-9-22(27)29-13-17/h6-9,12-13,15,18-19H,1-5,10-11,14H2,(H2,27,29)(H2,28,31)(H,30,32)/t18?,19-/m0/s1. The normalized spacial score (nSPS) is 16.3. The van der Waals surface area contributed by atoms with Crippen molar-refractivity contribution in [2.24, 2.45) is 23.5 Å². The molecule has 0 radical (unpaired) electrons. The van der Waals surface area contributed by atoms with Gasteiger partial charge in [0.05, 0.1) is 16.0 Å². The number of carbonyl (C=O) groups is 2. The Kier molecular flexibility index (Phi) is 8.76. The molecule has 2 amide bonds. The smallest absolute Gasteiger partial charge is 0.224 e. The zero-order valence-electron chi connectivity index (χ0n) is 18.0. The van der Waals surface area contributed by atoms with Crippen LogP contribution in [0.4, 0.5) is 5.82 Å². The quantitative estimate of drug-likeness (QED) is 0.493. The number of nitrogens with two attached hydrogens (primary N) is 2. The largest absolute Gasteiger partial charge is 0.384 e. The highest BCUT2D eigenvalue weighted by atomic mass is 35.5. The SMILES string of the molecule is NC(=O)C(CC1CCCCC1)[C@H](Cc1ccc(Cl)c(Cl)c1)C(=O)NCc1ccc(N)nc1. The van der Waals surface area contributed by atoms with Gasteiger partial charge in [0, 0.05) is 18.7 Å². The van der Waals surface area contributed by atoms with E-state index < -0.39 is 17.7 Å². The summed E-state index contributed by atoms with van der Waals surface area (Å²) in [5.74, 6) is -0.992. The van der Waals surface area contributed by atoms with Crippen molar-refractivity contribution in [3.63, 3.8) is 0 Å². The summed E-state index contributed by atoms with van der Waals surface area (Å²) in [4.78, 5) is 29.9. The Morgan fingerprint density at radius 1 is 1.03 bits per heavy atom. The summed E-state index contributed by atoms with van der Waals surface area (Å²) < 4.78 is 0. The maximum atomic E-state index is 13.3. The number of carbonyl (C=O) groups excluding carboxylic acids is 2. The molecule has 1 unspecified atom stereocenters. The van der Waals surface area contributed by atoms with E-state index in [1.54, 1.807) is 24.4 Å². The molecule has 172 valence electrons. The minimum Gasteiger partial charge on any atom is -0.384 e. The number of nitrogens with zero attached hydrogens (tertiary/aromatic N) is 1. The monoisotopic (exact) mass is 476 g/mol. The molecule has 1 aromatic heterocycles. The number of halogens is 2. The van der Waals surface area contributed by atoms with Crippen LogP contribution in [0.1, 0.15) is 49.7 Å². The van der Waals surface area contributed by atoms with Gasteiger partial charge in [0.1, 0.15) is 5.82 Å². The Bertz CT molecular complexity index is 930. The van der Waals surface area contributed by atoms with Crippen LogP contribution in [-0.4, -0.2) is 16.8 Å². The van der Waals surface area contributed by atoms with E-state index in [9.17, 15) is 9.59 Å². The van der Waals surface area contributed by atoms with Gasteiger partial charge in [-0.1, -0.05) is 67.4 Å². The number of hydrogen-bond acceptors (Lipinski definition) is 4. The molecule has 1 saturated carbocycles. The number of nitrogen functional groups attached to an aromatic ring is 1. The molecule has 1 aliphatic carbocycles. The first-order chi connectivity index (χ1) is 15.3. The first kappa shape index (κ1) is 24.3. The molecule has 32 heavy (non-hydrogen) atoms. The van der Waals surface area contributed by atoms with Crippen LogP contribution in [0.2, 0.25) is 10.0 Å². The average Bonchev–Trinajstić information content (AvgIpc) is 2.78. The van der Waals surface area contributed by atoms with Gasteiger partial charge in [0.15, 0.2) is 0 Å². The highest BCUT2D eigenvalue weighted by molar-refractivity contribution is 6.42. The number of pyridine rings is 1. The fourth-order valence-electron chi connectivity index (χ4n) is 4.46. The lowest BCUT2D eigenvalue weighted by molar-refractivity contribution is -0.134. The van der Waals surface area contributed by atoms with Gasteiger partial charge in [0.2, 0.25) is 11.8 Å². The second-order valence-electron chi connectivity index (χ2n) is 8.62. The van der Waals surface area contributed by atoms with Crippen molar-refractivity contribution in [1.29, 1.82) is 0 Å². The van der Waals surface area contributed by atoms with Gasteiger partial charge in [-0.05, 0) is 48.1 Å². The van der Waals surface area contributed by atoms with E-state index in [-0.39, 0.29) is 5.91 Å². The van der Waals surface area contributed by atoms with Gasteiger partial charge in [-0.25, -0.2) is 4.98 Å². The number of benzene rings is 1. The molecule has 1 fully saturated rings. The predicted octanol–water partition coefficient (Wildman–Crippen LogP) is 4.52. The van der Waals surface area contributed by atoms with E-state index in [2.05, 4.69) is 10.3 Å². The van der Waals surface area contributed by atoms with Crippen LogP contribution < -0.4 is 16.8 Å². The van der Waals surface area contributed by atoms with Gasteiger partial charge in [0.25, 0.3) is 0 Å². The van der Waals surface area contributed by atoms with Gasteiger partial charge in [-0.15, -0.1) is 0 Å². The molecule has 2 aromatic rings. The van der Waals surface area contributed by atoms with Gasteiger partial charge < -0.3 is 16.8 Å². The molecule has 1 aromatic carbocycles. The van der Waals surface area contributed by atoms with Crippen molar-refractivity contribution < 1.29 is 9.59 Å². The van der Waals surface area contributed by atoms with Crippen LogP contribution >= 0.6 is 23.2 Å². The summed E-state index contributed by atoms with van der Waals surface area (Å²) in [5, 5.41) is 3.81. The number of aromatic nitrogens is 1. The first-order valence-electron chi connectivity index (χ1n) is 11.0. The van der Waals surface area contributed by atoms with Gasteiger partial charge in [-0.3, -0.25) is 9.59 Å². The van der Waals surface area contributed by atoms with Crippen LogP contribution in [0.3, 0.4) is 0 Å². The second kappa shape index (κ2) is 11.5. The Labute approximate surface area is 199 Å². The zero-order chi connectivity index (χ0) is 23.1. The van der Waals surface area contributed by atoms with E-state index in [1.165, 1.54) is 6.42 Å². The number of rotatable bonds is 9. The first-order valence-corrected chi connectivity index (χ1v) is 11.8. The molecule has 0 aliphatic heterocycles. The molecule has 3 rings (SSSR count). The minimum absolute atomic E-state index is 0.215. The van der Waals surface area contributed by atoms with E-state index in [0.717, 1.165) is 36.8 Å². The number of hydrogen-bond donors (Lipinski definition) is 3. The second-order valence-corrected chi connectivity index (χ2v) is 9.43. The molecule has 0 spiro atoms. The molecule has 5 N–H and O–H groups in total. The number of nitrogens with one attached hydrogen (secondary N) is 1. The third-order valence-electron chi connectivity index (χ3n) is 6.25. The van der Waals surface area contributed by atoms with E-state index in [0.29, 0.717) is 41.2 Å². The topological polar surface area (TPSA) is 111 Å². The van der Waals surface area contributed by atoms with Crippen molar-refractivity contribution in [1.82, 2.24) is 10.3 Å². The summed E-state index contributed by atoms with van der Waals surface area (Å²) in [6.07, 6.45) is 8.27. The summed E-state index contributed by atoms with van der Waals surface area (Å²) in [5.41, 5.74) is 13.1. The molecule has 2 atom stereocenters. The van der Waals surface area contributed by atoms with Crippen molar-refractivity contribution in [3.05, 3.63) is 57.7 Å². The summed E-state index contributed by atoms with van der Waals surface area (Å²) in [7, 11) is 0. The maximum absolute atomic E-state index is 13.3. The van der Waals surface area contributed by atoms with Crippen LogP contribution in [-0.2, 0) is 22.6 Å². The Hall–Kier alpha value is -2.31. The van der Waals surface area contributed by atoms with E-state index in [4.69, 9.17) is 34.7 Å². The van der Waals surface area contributed by atoms with Crippen molar-refractivity contribution in [3.8, 4) is 0 Å². The number of amides is 2. The van der Waals surface area contributed by atoms with E-state index in [1.807, 2.05) is 12.1 Å². The van der Waals surface area contributed by atoms with Crippen LogP contribution in [0, 0.1) is 17.8 Å². The molecular weight excluding hydrogens is 447 g/mol. The third kappa shape index (κ3) is 6.84. The van der Waals surface area contributed by atoms with Crippen LogP contribution in [0.15, 0.2) is 36.5 Å². The molecule has 0 saturated heterocycles. The molecule has 6 nitrogen and oxygen atoms in total. The third-order valence-corrected chi connectivity index (χ3v) is 6.99. The Morgan fingerprint density at radius 3 is 2.38 bits per heavy atom. The van der Waals surface area contributed by atoms with Gasteiger partial charge >= 0.3 is 0 Å². The summed E-state index contributed by atoms with van der Waals surface area (Å²) >= 11 is 12.2. The summed E-state index contributed by atoms with van der Waals surface area (Å²) in [6.45, 7) is 0.291. The average molecular weight is 477 g/mol. The number of anilines is 1. The van der Waals surface area contributed by atoms with Gasteiger partial charge in [-0.2, -0.15) is 0 Å². The molecule has 8 heteroatoms. The lowest BCUT2D eigenvalue weighted by Crippen LogP contribution is -2.42. The van der Waals surface area contributed by atoms with Crippen LogP contribution in [0.25, 0.3) is 0 Å². The molecular formula is C24H30Cl2N4O2. The highest BCUT2D eigenvalue weighted by Crippen LogP contribution is 2.33. The van der Waals surface area contributed by atoms with E-state index >= 15 is 0 Å². The maximum Gasteiger partial charge on any atom is 0.224 e. The lowest BCUT2D eigenvalue weighted by atomic mass is 9.76. The van der Waals surface area contributed by atoms with Crippen molar-refractivity contribution in [2.75, 3.05) is 5.73 Å². The molecule has 1 aliphatic rings. The van der Waals surface area contributed by atoms with Crippen molar-refractivity contribution >= 4 is 40.8 Å². The number of primary amides is 1. The van der Waals surface area contributed by atoms with Crippen LogP contribution in [0.5, 0.6) is 0 Å². The Balaban J connectivity index is 1.80. The predicted molar refractivity (Wildman–Crippen MR) is 128 cm³/mol. The Morgan fingerprint density at radius 2 is 1.75 bits per heavy atom. The minimum atomic E-state index is -0.603. The lowest BCUT2D eigenvalue weighted by Gasteiger charge is -2.29. The van der Waals surface area contributed by atoms with Crippen molar-refractivity contribution in [2.45, 2.75) is 51.5 Å². The summed E-state index contributed by atoms with van der Waals surface area (Å²) in [6, 6.07) is 8.77.